The summed E-state index contributed by atoms with van der Waals surface area (Å²) >= 11 is 1.43. The van der Waals surface area contributed by atoms with Gasteiger partial charge in [-0.25, -0.2) is 4.79 Å². The molecule has 0 bridgehead atoms. The molecule has 0 radical (unpaired) electrons. The zero-order valence-electron chi connectivity index (χ0n) is 17.9. The van der Waals surface area contributed by atoms with Gasteiger partial charge in [-0.3, -0.25) is 9.59 Å². The van der Waals surface area contributed by atoms with Crippen LogP contribution in [0.4, 0.5) is 10.7 Å². The van der Waals surface area contributed by atoms with Gasteiger partial charge in [0.15, 0.2) is 6.61 Å². The molecular weight excluding hydrogens is 400 g/mol. The first-order valence-electron chi connectivity index (χ1n) is 10.2. The van der Waals surface area contributed by atoms with Crippen LogP contribution in [0.15, 0.2) is 24.3 Å². The molecule has 2 aromatic rings. The maximum Gasteiger partial charge on any atom is 0.341 e. The molecule has 0 fully saturated rings. The van der Waals surface area contributed by atoms with E-state index in [2.05, 4.69) is 31.4 Å². The highest BCUT2D eigenvalue weighted by Crippen LogP contribution is 2.38. The zero-order chi connectivity index (χ0) is 21.9. The lowest BCUT2D eigenvalue weighted by Gasteiger charge is -2.23. The van der Waals surface area contributed by atoms with E-state index in [1.807, 2.05) is 24.3 Å². The van der Waals surface area contributed by atoms with E-state index < -0.39 is 11.9 Å². The van der Waals surface area contributed by atoms with E-state index in [9.17, 15) is 14.4 Å². The number of para-hydroxylation sites is 1. The number of fused-ring (bicyclic) bond motifs is 1. The maximum atomic E-state index is 12.8. The highest BCUT2D eigenvalue weighted by Gasteiger charge is 2.27. The maximum absolute atomic E-state index is 12.8. The van der Waals surface area contributed by atoms with Gasteiger partial charge in [-0.2, -0.15) is 0 Å². The highest BCUT2D eigenvalue weighted by molar-refractivity contribution is 7.17. The Hall–Kier alpha value is -2.67. The molecule has 1 heterocycles. The molecule has 160 valence electrons. The van der Waals surface area contributed by atoms with Crippen molar-refractivity contribution in [2.24, 2.45) is 0 Å². The number of hydrogen-bond acceptors (Lipinski definition) is 5. The number of carbonyl (C=O) groups is 3. The predicted octanol–water partition coefficient (Wildman–Crippen LogP) is 4.68. The third-order valence-corrected chi connectivity index (χ3v) is 6.22. The predicted molar refractivity (Wildman–Crippen MR) is 119 cm³/mol. The Morgan fingerprint density at radius 1 is 1.07 bits per heavy atom. The summed E-state index contributed by atoms with van der Waals surface area (Å²) in [4.78, 5) is 38.0. The molecule has 0 unspecified atom stereocenters. The molecule has 1 aromatic heterocycles. The van der Waals surface area contributed by atoms with Gasteiger partial charge >= 0.3 is 5.97 Å². The number of carbonyl (C=O) groups excluding carboxylic acids is 3. The number of aryl methyl sites for hydroxylation is 1. The van der Waals surface area contributed by atoms with Crippen LogP contribution in [-0.2, 0) is 32.6 Å². The molecular formula is C23H28N2O4S. The summed E-state index contributed by atoms with van der Waals surface area (Å²) in [7, 11) is 0. The largest absolute Gasteiger partial charge is 0.452 e. The monoisotopic (exact) mass is 428 g/mol. The van der Waals surface area contributed by atoms with Crippen molar-refractivity contribution in [3.05, 3.63) is 45.8 Å². The van der Waals surface area contributed by atoms with Gasteiger partial charge in [0.1, 0.15) is 5.00 Å². The van der Waals surface area contributed by atoms with Crippen molar-refractivity contribution >= 4 is 39.8 Å². The van der Waals surface area contributed by atoms with Crippen LogP contribution in [-0.4, -0.2) is 24.4 Å². The van der Waals surface area contributed by atoms with Crippen LogP contribution in [0.1, 0.15) is 66.9 Å². The van der Waals surface area contributed by atoms with Gasteiger partial charge in [-0.1, -0.05) is 39.0 Å². The summed E-state index contributed by atoms with van der Waals surface area (Å²) in [5, 5.41) is 6.10. The Labute approximate surface area is 181 Å². The van der Waals surface area contributed by atoms with E-state index in [0.717, 1.165) is 41.7 Å². The minimum atomic E-state index is -0.572. The number of anilines is 2. The van der Waals surface area contributed by atoms with E-state index >= 15 is 0 Å². The zero-order valence-corrected chi connectivity index (χ0v) is 18.7. The number of nitrogens with one attached hydrogen (secondary N) is 2. The van der Waals surface area contributed by atoms with Crippen LogP contribution >= 0.6 is 11.3 Å². The Bertz CT molecular complexity index is 972. The second kappa shape index (κ2) is 9.00. The number of amides is 2. The lowest BCUT2D eigenvalue weighted by atomic mass is 9.86. The Morgan fingerprint density at radius 3 is 2.47 bits per heavy atom. The summed E-state index contributed by atoms with van der Waals surface area (Å²) in [5.41, 5.74) is 2.91. The number of thiophene rings is 1. The summed E-state index contributed by atoms with van der Waals surface area (Å²) in [5.74, 6) is -1.21. The minimum Gasteiger partial charge on any atom is -0.452 e. The smallest absolute Gasteiger partial charge is 0.341 e. The quantitative estimate of drug-likeness (QED) is 0.678. The fraction of sp³-hybridized carbons (Fsp3) is 0.435. The first-order chi connectivity index (χ1) is 14.2. The lowest BCUT2D eigenvalue weighted by Crippen LogP contribution is -2.24. The van der Waals surface area contributed by atoms with Gasteiger partial charge in [0.2, 0.25) is 5.91 Å². The standard InChI is InChI=1S/C23H28N2O4S/c1-14(26)24-21-20(15-9-5-8-12-18(15)30-21)22(28)29-13-19(27)25-17-11-7-6-10-16(17)23(2,3)4/h6-7,10-11H,5,8-9,12-13H2,1-4H3,(H,24,26)(H,25,27). The molecule has 0 aliphatic heterocycles. The van der Waals surface area contributed by atoms with E-state index in [-0.39, 0.29) is 17.9 Å². The molecule has 0 atom stereocenters. The molecule has 2 amide bonds. The van der Waals surface area contributed by atoms with Crippen LogP contribution in [0.25, 0.3) is 0 Å². The van der Waals surface area contributed by atoms with Crippen molar-refractivity contribution in [2.45, 2.75) is 58.8 Å². The average Bonchev–Trinajstić information content (AvgIpc) is 3.02. The van der Waals surface area contributed by atoms with Crippen LogP contribution < -0.4 is 10.6 Å². The van der Waals surface area contributed by atoms with Crippen molar-refractivity contribution < 1.29 is 19.1 Å². The fourth-order valence-electron chi connectivity index (χ4n) is 3.67. The van der Waals surface area contributed by atoms with Crippen molar-refractivity contribution in [1.29, 1.82) is 0 Å². The summed E-state index contributed by atoms with van der Waals surface area (Å²) < 4.78 is 5.34. The Kier molecular flexibility index (Phi) is 6.61. The van der Waals surface area contributed by atoms with Gasteiger partial charge in [-0.15, -0.1) is 11.3 Å². The van der Waals surface area contributed by atoms with Gasteiger partial charge in [0.05, 0.1) is 5.56 Å². The molecule has 1 aliphatic rings. The normalized spacial score (nSPS) is 13.3. The number of rotatable bonds is 5. The van der Waals surface area contributed by atoms with Crippen LogP contribution in [0, 0.1) is 0 Å². The summed E-state index contributed by atoms with van der Waals surface area (Å²) in [6.07, 6.45) is 3.73. The second-order valence-electron chi connectivity index (χ2n) is 8.52. The molecule has 0 spiro atoms. The van der Waals surface area contributed by atoms with Gasteiger partial charge in [0, 0.05) is 17.5 Å². The Balaban J connectivity index is 1.71. The average molecular weight is 429 g/mol. The molecule has 30 heavy (non-hydrogen) atoms. The van der Waals surface area contributed by atoms with E-state index in [0.29, 0.717) is 16.3 Å². The first-order valence-corrected chi connectivity index (χ1v) is 11.0. The lowest BCUT2D eigenvalue weighted by molar-refractivity contribution is -0.119. The van der Waals surface area contributed by atoms with Crippen LogP contribution in [0.3, 0.4) is 0 Å². The van der Waals surface area contributed by atoms with Gasteiger partial charge in [0.25, 0.3) is 5.91 Å². The molecule has 7 heteroatoms. The molecule has 0 saturated carbocycles. The minimum absolute atomic E-state index is 0.135. The van der Waals surface area contributed by atoms with Crippen molar-refractivity contribution in [3.8, 4) is 0 Å². The molecule has 3 rings (SSSR count). The molecule has 2 N–H and O–H groups in total. The van der Waals surface area contributed by atoms with E-state index in [1.165, 1.54) is 18.3 Å². The number of esters is 1. The van der Waals surface area contributed by atoms with Gasteiger partial charge < -0.3 is 15.4 Å². The summed E-state index contributed by atoms with van der Waals surface area (Å²) in [6.45, 7) is 7.24. The number of hydrogen-bond donors (Lipinski definition) is 2. The summed E-state index contributed by atoms with van der Waals surface area (Å²) in [6, 6.07) is 7.59. The van der Waals surface area contributed by atoms with Crippen molar-refractivity contribution in [1.82, 2.24) is 0 Å². The van der Waals surface area contributed by atoms with E-state index in [4.69, 9.17) is 4.74 Å². The Morgan fingerprint density at radius 2 is 1.77 bits per heavy atom. The number of ether oxygens (including phenoxy) is 1. The topological polar surface area (TPSA) is 84.5 Å². The second-order valence-corrected chi connectivity index (χ2v) is 9.62. The van der Waals surface area contributed by atoms with Crippen molar-refractivity contribution in [3.63, 3.8) is 0 Å². The van der Waals surface area contributed by atoms with Crippen LogP contribution in [0.5, 0.6) is 0 Å². The van der Waals surface area contributed by atoms with Crippen molar-refractivity contribution in [2.75, 3.05) is 17.2 Å². The molecule has 1 aliphatic carbocycles. The van der Waals surface area contributed by atoms with Crippen LogP contribution in [0.2, 0.25) is 0 Å². The fourth-order valence-corrected chi connectivity index (χ4v) is 4.99. The molecule has 6 nitrogen and oxygen atoms in total. The third kappa shape index (κ3) is 5.08. The number of benzene rings is 1. The molecule has 0 saturated heterocycles. The SMILES string of the molecule is CC(=O)Nc1sc2c(c1C(=O)OCC(=O)Nc1ccccc1C(C)(C)C)CCCC2. The molecule has 1 aromatic carbocycles. The third-order valence-electron chi connectivity index (χ3n) is 5.01. The first kappa shape index (κ1) is 22.0. The van der Waals surface area contributed by atoms with E-state index in [1.54, 1.807) is 0 Å². The highest BCUT2D eigenvalue weighted by atomic mass is 32.1. The van der Waals surface area contributed by atoms with Gasteiger partial charge in [-0.05, 0) is 48.3 Å².